The summed E-state index contributed by atoms with van der Waals surface area (Å²) in [5, 5.41) is 10.6. The van der Waals surface area contributed by atoms with Crippen LogP contribution in [0.5, 0.6) is 0 Å². The molecule has 0 atom stereocenters. The van der Waals surface area contributed by atoms with Gasteiger partial charge in [-0.25, -0.2) is 0 Å². The van der Waals surface area contributed by atoms with Crippen molar-refractivity contribution in [3.8, 4) is 17.4 Å². The van der Waals surface area contributed by atoms with E-state index in [1.807, 2.05) is 36.4 Å². The highest BCUT2D eigenvalue weighted by molar-refractivity contribution is 6.31. The Morgan fingerprint density at radius 1 is 0.957 bits per heavy atom. The van der Waals surface area contributed by atoms with Crippen molar-refractivity contribution in [1.82, 2.24) is 0 Å². The monoisotopic (exact) mass is 339 g/mol. The van der Waals surface area contributed by atoms with Gasteiger partial charge in [0.1, 0.15) is 11.5 Å². The van der Waals surface area contributed by atoms with Crippen LogP contribution in [0.2, 0.25) is 10.0 Å². The Labute approximate surface area is 144 Å². The molecule has 0 radical (unpaired) electrons. The van der Waals surface area contributed by atoms with Crippen molar-refractivity contribution >= 4 is 34.9 Å². The number of furan rings is 1. The van der Waals surface area contributed by atoms with Gasteiger partial charge in [-0.2, -0.15) is 5.26 Å². The zero-order valence-electron chi connectivity index (χ0n) is 12.0. The number of halogens is 2. The quantitative estimate of drug-likeness (QED) is 0.523. The second-order valence-corrected chi connectivity index (χ2v) is 5.76. The van der Waals surface area contributed by atoms with E-state index in [0.717, 1.165) is 11.1 Å². The Bertz CT molecular complexity index is 902. The second-order valence-electron chi connectivity index (χ2n) is 4.89. The first-order valence-corrected chi connectivity index (χ1v) is 7.65. The number of allylic oxidation sites excluding steroid dienone is 1. The molecule has 0 bridgehead atoms. The molecule has 0 spiro atoms. The molecule has 112 valence electrons. The van der Waals surface area contributed by atoms with Crippen molar-refractivity contribution in [3.63, 3.8) is 0 Å². The van der Waals surface area contributed by atoms with Crippen LogP contribution in [0.25, 0.3) is 23.0 Å². The molecule has 0 amide bonds. The van der Waals surface area contributed by atoms with Gasteiger partial charge in [0.2, 0.25) is 0 Å². The number of nitriles is 1. The molecule has 3 rings (SSSR count). The average molecular weight is 340 g/mol. The van der Waals surface area contributed by atoms with E-state index in [9.17, 15) is 5.26 Å². The van der Waals surface area contributed by atoms with Crippen molar-refractivity contribution in [2.75, 3.05) is 0 Å². The SMILES string of the molecule is N#CC(=Cc1ccc(-c2cccc(Cl)c2)o1)c1ccc(Cl)cc1. The van der Waals surface area contributed by atoms with Gasteiger partial charge in [-0.1, -0.05) is 47.5 Å². The van der Waals surface area contributed by atoms with Gasteiger partial charge in [-0.3, -0.25) is 0 Å². The van der Waals surface area contributed by atoms with Gasteiger partial charge in [-0.15, -0.1) is 0 Å². The Kier molecular flexibility index (Phi) is 4.52. The van der Waals surface area contributed by atoms with Gasteiger partial charge < -0.3 is 4.42 Å². The molecule has 0 unspecified atom stereocenters. The van der Waals surface area contributed by atoms with Crippen LogP contribution in [0, 0.1) is 11.3 Å². The van der Waals surface area contributed by atoms with Crippen LogP contribution in [0.3, 0.4) is 0 Å². The molecule has 0 aliphatic carbocycles. The summed E-state index contributed by atoms with van der Waals surface area (Å²) in [6.45, 7) is 0. The summed E-state index contributed by atoms with van der Waals surface area (Å²) in [5.41, 5.74) is 2.19. The summed E-state index contributed by atoms with van der Waals surface area (Å²) in [4.78, 5) is 0. The molecule has 0 saturated carbocycles. The maximum Gasteiger partial charge on any atom is 0.134 e. The number of hydrogen-bond acceptors (Lipinski definition) is 2. The Balaban J connectivity index is 1.93. The number of rotatable bonds is 3. The minimum Gasteiger partial charge on any atom is -0.457 e. The van der Waals surface area contributed by atoms with E-state index in [1.54, 1.807) is 30.3 Å². The molecular formula is C19H11Cl2NO. The van der Waals surface area contributed by atoms with Crippen molar-refractivity contribution in [3.05, 3.63) is 82.0 Å². The first-order valence-electron chi connectivity index (χ1n) is 6.89. The van der Waals surface area contributed by atoms with E-state index in [-0.39, 0.29) is 0 Å². The molecular weight excluding hydrogens is 329 g/mol. The first kappa shape index (κ1) is 15.4. The lowest BCUT2D eigenvalue weighted by Gasteiger charge is -1.99. The highest BCUT2D eigenvalue weighted by Crippen LogP contribution is 2.27. The molecule has 23 heavy (non-hydrogen) atoms. The summed E-state index contributed by atoms with van der Waals surface area (Å²) in [6, 6.07) is 20.4. The van der Waals surface area contributed by atoms with Crippen molar-refractivity contribution < 1.29 is 4.42 Å². The van der Waals surface area contributed by atoms with Gasteiger partial charge in [0, 0.05) is 15.6 Å². The van der Waals surface area contributed by atoms with Crippen LogP contribution in [-0.4, -0.2) is 0 Å². The number of hydrogen-bond donors (Lipinski definition) is 0. The minimum atomic E-state index is 0.508. The standard InChI is InChI=1S/C19H11Cl2NO/c20-16-6-4-13(5-7-16)15(12-22)11-18-8-9-19(23-18)14-2-1-3-17(21)10-14/h1-11H. The highest BCUT2D eigenvalue weighted by Gasteiger charge is 2.06. The van der Waals surface area contributed by atoms with Crippen LogP contribution >= 0.6 is 23.2 Å². The van der Waals surface area contributed by atoms with E-state index >= 15 is 0 Å². The van der Waals surface area contributed by atoms with Crippen LogP contribution in [0.1, 0.15) is 11.3 Å². The molecule has 3 aromatic rings. The smallest absolute Gasteiger partial charge is 0.134 e. The molecule has 0 fully saturated rings. The minimum absolute atomic E-state index is 0.508. The van der Waals surface area contributed by atoms with Crippen LogP contribution < -0.4 is 0 Å². The number of nitrogens with zero attached hydrogens (tertiary/aromatic N) is 1. The summed E-state index contributed by atoms with van der Waals surface area (Å²) < 4.78 is 5.79. The Morgan fingerprint density at radius 3 is 2.43 bits per heavy atom. The molecule has 0 aliphatic heterocycles. The highest BCUT2D eigenvalue weighted by atomic mass is 35.5. The average Bonchev–Trinajstić information content (AvgIpc) is 3.02. The summed E-state index contributed by atoms with van der Waals surface area (Å²) in [5.74, 6) is 1.30. The molecule has 0 aliphatic rings. The predicted octanol–water partition coefficient (Wildman–Crippen LogP) is 6.32. The summed E-state index contributed by atoms with van der Waals surface area (Å²) in [6.07, 6.45) is 1.71. The molecule has 4 heteroatoms. The lowest BCUT2D eigenvalue weighted by Crippen LogP contribution is -1.80. The van der Waals surface area contributed by atoms with Crippen molar-refractivity contribution in [2.24, 2.45) is 0 Å². The van der Waals surface area contributed by atoms with Gasteiger partial charge >= 0.3 is 0 Å². The molecule has 1 heterocycles. The third-order valence-corrected chi connectivity index (χ3v) is 3.79. The molecule has 2 nitrogen and oxygen atoms in total. The largest absolute Gasteiger partial charge is 0.457 e. The molecule has 0 saturated heterocycles. The third-order valence-electron chi connectivity index (χ3n) is 3.30. The zero-order chi connectivity index (χ0) is 16.2. The van der Waals surface area contributed by atoms with Gasteiger partial charge in [0.05, 0.1) is 11.6 Å². The van der Waals surface area contributed by atoms with Crippen molar-refractivity contribution in [1.29, 1.82) is 5.26 Å². The molecule has 2 aromatic carbocycles. The Hall–Kier alpha value is -2.47. The maximum atomic E-state index is 9.36. The van der Waals surface area contributed by atoms with E-state index in [0.29, 0.717) is 27.1 Å². The topological polar surface area (TPSA) is 36.9 Å². The Morgan fingerprint density at radius 2 is 1.74 bits per heavy atom. The first-order chi connectivity index (χ1) is 11.2. The molecule has 1 aromatic heterocycles. The van der Waals surface area contributed by atoms with Gasteiger partial charge in [0.15, 0.2) is 0 Å². The van der Waals surface area contributed by atoms with Crippen LogP contribution in [-0.2, 0) is 0 Å². The fourth-order valence-electron chi connectivity index (χ4n) is 2.18. The fraction of sp³-hybridized carbons (Fsp3) is 0. The van der Waals surface area contributed by atoms with E-state index in [1.165, 1.54) is 0 Å². The zero-order valence-corrected chi connectivity index (χ0v) is 13.5. The summed E-state index contributed by atoms with van der Waals surface area (Å²) >= 11 is 11.9. The van der Waals surface area contributed by atoms with E-state index < -0.39 is 0 Å². The van der Waals surface area contributed by atoms with Gasteiger partial charge in [-0.05, 0) is 48.0 Å². The van der Waals surface area contributed by atoms with Gasteiger partial charge in [0.25, 0.3) is 0 Å². The fourth-order valence-corrected chi connectivity index (χ4v) is 2.50. The lowest BCUT2D eigenvalue weighted by molar-refractivity contribution is 0.572. The maximum absolute atomic E-state index is 9.36. The second kappa shape index (κ2) is 6.75. The van der Waals surface area contributed by atoms with E-state index in [2.05, 4.69) is 6.07 Å². The summed E-state index contributed by atoms with van der Waals surface area (Å²) in [7, 11) is 0. The number of benzene rings is 2. The lowest BCUT2D eigenvalue weighted by atomic mass is 10.1. The third kappa shape index (κ3) is 3.65. The van der Waals surface area contributed by atoms with Crippen molar-refractivity contribution in [2.45, 2.75) is 0 Å². The predicted molar refractivity (Wildman–Crippen MR) is 94.1 cm³/mol. The van der Waals surface area contributed by atoms with Crippen LogP contribution in [0.15, 0.2) is 65.1 Å². The van der Waals surface area contributed by atoms with E-state index in [4.69, 9.17) is 27.6 Å². The normalized spacial score (nSPS) is 11.3. The molecule has 0 N–H and O–H groups in total. The van der Waals surface area contributed by atoms with Crippen LogP contribution in [0.4, 0.5) is 0 Å².